The fraction of sp³-hybridized carbons (Fsp3) is 0.588. The van der Waals surface area contributed by atoms with E-state index >= 15 is 0 Å². The van der Waals surface area contributed by atoms with Gasteiger partial charge in [-0.25, -0.2) is 0 Å². The Hall–Kier alpha value is -1.43. The van der Waals surface area contributed by atoms with Crippen LogP contribution in [0.4, 0.5) is 0 Å². The van der Waals surface area contributed by atoms with E-state index in [1.807, 2.05) is 0 Å². The van der Waals surface area contributed by atoms with Crippen LogP contribution in [0.3, 0.4) is 0 Å². The molecule has 2 N–H and O–H groups in total. The number of ketones is 1. The zero-order valence-electron chi connectivity index (χ0n) is 13.1. The molecule has 5 heteroatoms. The van der Waals surface area contributed by atoms with E-state index in [2.05, 4.69) is 4.90 Å². The van der Waals surface area contributed by atoms with Crippen molar-refractivity contribution >= 4 is 5.78 Å². The second kappa shape index (κ2) is 8.27. The van der Waals surface area contributed by atoms with E-state index in [0.29, 0.717) is 23.8 Å². The molecular weight excluding hydrogens is 282 g/mol. The summed E-state index contributed by atoms with van der Waals surface area (Å²) >= 11 is 0. The van der Waals surface area contributed by atoms with Crippen LogP contribution < -0.4 is 4.74 Å². The second-order valence-electron chi connectivity index (χ2n) is 6.00. The third-order valence-electron chi connectivity index (χ3n) is 4.01. The van der Waals surface area contributed by atoms with E-state index in [0.717, 1.165) is 25.9 Å². The molecule has 0 spiro atoms. The first kappa shape index (κ1) is 16.9. The maximum atomic E-state index is 11.3. The van der Waals surface area contributed by atoms with E-state index in [-0.39, 0.29) is 19.0 Å². The van der Waals surface area contributed by atoms with Crippen LogP contribution in [0.2, 0.25) is 0 Å². The molecule has 1 heterocycles. The molecule has 1 aliphatic heterocycles. The number of β-amino-alcohol motifs (C(OH)–C–C–N with tert-alkyl or cyclic N) is 1. The highest BCUT2D eigenvalue weighted by Gasteiger charge is 2.21. The van der Waals surface area contributed by atoms with E-state index in [9.17, 15) is 15.0 Å². The molecule has 0 radical (unpaired) electrons. The zero-order valence-corrected chi connectivity index (χ0v) is 13.1. The topological polar surface area (TPSA) is 70.0 Å². The lowest BCUT2D eigenvalue weighted by atomic mass is 9.99. The highest BCUT2D eigenvalue weighted by atomic mass is 16.5. The molecule has 1 aromatic carbocycles. The van der Waals surface area contributed by atoms with Crippen molar-refractivity contribution in [2.24, 2.45) is 5.92 Å². The predicted molar refractivity (Wildman–Crippen MR) is 84.2 cm³/mol. The van der Waals surface area contributed by atoms with Gasteiger partial charge in [-0.05, 0) is 44.4 Å². The van der Waals surface area contributed by atoms with Crippen LogP contribution in [0, 0.1) is 5.92 Å². The van der Waals surface area contributed by atoms with Crippen LogP contribution in [0.1, 0.15) is 30.1 Å². The normalized spacial score (nSPS) is 20.6. The molecule has 1 aliphatic rings. The largest absolute Gasteiger partial charge is 0.491 e. The number of carbonyl (C=O) groups is 1. The van der Waals surface area contributed by atoms with Crippen molar-refractivity contribution in [2.45, 2.75) is 25.9 Å². The van der Waals surface area contributed by atoms with Gasteiger partial charge in [0.05, 0.1) is 0 Å². The van der Waals surface area contributed by atoms with Gasteiger partial charge >= 0.3 is 0 Å². The number of aliphatic hydroxyl groups is 2. The minimum Gasteiger partial charge on any atom is -0.491 e. The summed E-state index contributed by atoms with van der Waals surface area (Å²) in [6, 6.07) is 6.99. The minimum atomic E-state index is -0.585. The third-order valence-corrected chi connectivity index (χ3v) is 4.01. The number of hydrogen-bond acceptors (Lipinski definition) is 5. The van der Waals surface area contributed by atoms with Gasteiger partial charge in [0.1, 0.15) is 18.5 Å². The second-order valence-corrected chi connectivity index (χ2v) is 6.00. The van der Waals surface area contributed by atoms with Gasteiger partial charge in [-0.15, -0.1) is 0 Å². The summed E-state index contributed by atoms with van der Waals surface area (Å²) in [5, 5.41) is 19.3. The van der Waals surface area contributed by atoms with E-state index in [1.54, 1.807) is 24.3 Å². The first-order chi connectivity index (χ1) is 10.6. The first-order valence-electron chi connectivity index (χ1n) is 7.83. The molecule has 2 rings (SSSR count). The predicted octanol–water partition coefficient (Wildman–Crippen LogP) is 1.33. The summed E-state index contributed by atoms with van der Waals surface area (Å²) < 4.78 is 5.58. The van der Waals surface area contributed by atoms with Gasteiger partial charge in [0, 0.05) is 25.3 Å². The molecular formula is C17H25NO4. The Morgan fingerprint density at radius 2 is 2.32 bits per heavy atom. The van der Waals surface area contributed by atoms with Crippen LogP contribution in [-0.4, -0.2) is 59.8 Å². The monoisotopic (exact) mass is 307 g/mol. The molecule has 22 heavy (non-hydrogen) atoms. The lowest BCUT2D eigenvalue weighted by Crippen LogP contribution is -2.42. The summed E-state index contributed by atoms with van der Waals surface area (Å²) in [6.07, 6.45) is 1.52. The Labute approximate surface area is 131 Å². The molecule has 0 amide bonds. The van der Waals surface area contributed by atoms with Gasteiger partial charge in [0.2, 0.25) is 0 Å². The standard InChI is InChI=1S/C17H25NO4/c1-13(20)15-5-2-6-17(8-15)22-12-16(21)10-18-7-3-4-14(9-18)11-19/h2,5-6,8,14,16,19,21H,3-4,7,9-12H2,1H3/t14-,16+/m0/s1. The summed E-state index contributed by atoms with van der Waals surface area (Å²) in [6.45, 7) is 4.24. The molecule has 0 bridgehead atoms. The third kappa shape index (κ3) is 5.09. The molecule has 5 nitrogen and oxygen atoms in total. The summed E-state index contributed by atoms with van der Waals surface area (Å²) in [5.74, 6) is 0.905. The molecule has 0 aromatic heterocycles. The summed E-state index contributed by atoms with van der Waals surface area (Å²) in [5.41, 5.74) is 0.605. The smallest absolute Gasteiger partial charge is 0.159 e. The summed E-state index contributed by atoms with van der Waals surface area (Å²) in [7, 11) is 0. The SMILES string of the molecule is CC(=O)c1cccc(OC[C@H](O)CN2CCC[C@H](CO)C2)c1. The number of Topliss-reactive ketones (excluding diaryl/α,β-unsaturated/α-hetero) is 1. The molecule has 122 valence electrons. The van der Waals surface area contributed by atoms with Crippen molar-refractivity contribution in [1.29, 1.82) is 0 Å². The number of carbonyl (C=O) groups excluding carboxylic acids is 1. The number of rotatable bonds is 7. The maximum absolute atomic E-state index is 11.3. The lowest BCUT2D eigenvalue weighted by Gasteiger charge is -2.33. The quantitative estimate of drug-likeness (QED) is 0.744. The Bertz CT molecular complexity index is 491. The minimum absolute atomic E-state index is 0.00522. The fourth-order valence-corrected chi connectivity index (χ4v) is 2.81. The van der Waals surface area contributed by atoms with Crippen LogP contribution in [0.15, 0.2) is 24.3 Å². The Morgan fingerprint density at radius 1 is 1.50 bits per heavy atom. The van der Waals surface area contributed by atoms with Gasteiger partial charge in [-0.3, -0.25) is 4.79 Å². The lowest BCUT2D eigenvalue weighted by molar-refractivity contribution is 0.0431. The van der Waals surface area contributed by atoms with Crippen molar-refractivity contribution in [3.05, 3.63) is 29.8 Å². The molecule has 0 unspecified atom stereocenters. The summed E-state index contributed by atoms with van der Waals surface area (Å²) in [4.78, 5) is 13.5. The Morgan fingerprint density at radius 3 is 3.05 bits per heavy atom. The molecule has 2 atom stereocenters. The number of piperidine rings is 1. The zero-order chi connectivity index (χ0) is 15.9. The highest BCUT2D eigenvalue weighted by molar-refractivity contribution is 5.94. The Kier molecular flexibility index (Phi) is 6.36. The van der Waals surface area contributed by atoms with E-state index in [4.69, 9.17) is 4.74 Å². The van der Waals surface area contributed by atoms with Gasteiger partial charge in [0.25, 0.3) is 0 Å². The van der Waals surface area contributed by atoms with E-state index < -0.39 is 6.10 Å². The fourth-order valence-electron chi connectivity index (χ4n) is 2.81. The molecule has 1 aromatic rings. The van der Waals surface area contributed by atoms with Crippen molar-refractivity contribution in [3.63, 3.8) is 0 Å². The van der Waals surface area contributed by atoms with Gasteiger partial charge in [-0.1, -0.05) is 12.1 Å². The molecule has 1 fully saturated rings. The van der Waals surface area contributed by atoms with Crippen LogP contribution >= 0.6 is 0 Å². The van der Waals surface area contributed by atoms with Crippen molar-refractivity contribution < 1.29 is 19.7 Å². The molecule has 1 saturated heterocycles. The number of hydrogen-bond donors (Lipinski definition) is 2. The van der Waals surface area contributed by atoms with E-state index in [1.165, 1.54) is 6.92 Å². The van der Waals surface area contributed by atoms with Crippen molar-refractivity contribution in [2.75, 3.05) is 32.8 Å². The van der Waals surface area contributed by atoms with Crippen LogP contribution in [0.5, 0.6) is 5.75 Å². The average molecular weight is 307 g/mol. The highest BCUT2D eigenvalue weighted by Crippen LogP contribution is 2.17. The van der Waals surface area contributed by atoms with Crippen LogP contribution in [-0.2, 0) is 0 Å². The molecule has 0 saturated carbocycles. The first-order valence-corrected chi connectivity index (χ1v) is 7.83. The Balaban J connectivity index is 1.78. The van der Waals surface area contributed by atoms with Gasteiger partial charge in [-0.2, -0.15) is 0 Å². The molecule has 0 aliphatic carbocycles. The van der Waals surface area contributed by atoms with Crippen LogP contribution in [0.25, 0.3) is 0 Å². The average Bonchev–Trinajstić information content (AvgIpc) is 2.53. The van der Waals surface area contributed by atoms with Crippen molar-refractivity contribution in [3.8, 4) is 5.75 Å². The van der Waals surface area contributed by atoms with Crippen molar-refractivity contribution in [1.82, 2.24) is 4.90 Å². The van der Waals surface area contributed by atoms with Gasteiger partial charge < -0.3 is 19.8 Å². The van der Waals surface area contributed by atoms with Gasteiger partial charge in [0.15, 0.2) is 5.78 Å². The number of aliphatic hydroxyl groups excluding tert-OH is 2. The number of nitrogens with zero attached hydrogens (tertiary/aromatic N) is 1. The maximum Gasteiger partial charge on any atom is 0.159 e. The number of likely N-dealkylation sites (tertiary alicyclic amines) is 1. The number of benzene rings is 1. The number of ether oxygens (including phenoxy) is 1.